The van der Waals surface area contributed by atoms with Gasteiger partial charge in [0.15, 0.2) is 0 Å². The van der Waals surface area contributed by atoms with Crippen LogP contribution in [-0.4, -0.2) is 22.6 Å². The lowest BCUT2D eigenvalue weighted by atomic mass is 9.97. The van der Waals surface area contributed by atoms with Crippen molar-refractivity contribution in [1.82, 2.24) is 4.90 Å². The van der Waals surface area contributed by atoms with Crippen LogP contribution in [0.4, 0.5) is 0 Å². The molecule has 0 bridgehead atoms. The number of hydrogen-bond donors (Lipinski definition) is 1. The van der Waals surface area contributed by atoms with Gasteiger partial charge in [-0.1, -0.05) is 37.4 Å². The van der Waals surface area contributed by atoms with Crippen molar-refractivity contribution >= 4 is 11.6 Å². The Morgan fingerprint density at radius 2 is 2.22 bits per heavy atom. The fraction of sp³-hybridized carbons (Fsp3) is 0.600. The molecule has 1 aliphatic rings. The quantitative estimate of drug-likeness (QED) is 0.884. The predicted molar refractivity (Wildman–Crippen MR) is 76.1 cm³/mol. The Balaban J connectivity index is 2.03. The number of aromatic hydroxyl groups is 1. The Kier molecular flexibility index (Phi) is 4.90. The van der Waals surface area contributed by atoms with Gasteiger partial charge in [0.2, 0.25) is 0 Å². The van der Waals surface area contributed by atoms with E-state index in [2.05, 4.69) is 11.8 Å². The topological polar surface area (TPSA) is 23.5 Å². The zero-order chi connectivity index (χ0) is 13.0. The number of benzene rings is 1. The maximum atomic E-state index is 9.44. The van der Waals surface area contributed by atoms with E-state index in [-0.39, 0.29) is 5.75 Å². The van der Waals surface area contributed by atoms with Crippen molar-refractivity contribution < 1.29 is 5.11 Å². The van der Waals surface area contributed by atoms with Crippen molar-refractivity contribution in [3.8, 4) is 5.75 Å². The fourth-order valence-corrected chi connectivity index (χ4v) is 3.01. The average molecular weight is 268 g/mol. The summed E-state index contributed by atoms with van der Waals surface area (Å²) in [5, 5.41) is 9.90. The lowest BCUT2D eigenvalue weighted by Gasteiger charge is -2.35. The van der Waals surface area contributed by atoms with Gasteiger partial charge in [0, 0.05) is 12.6 Å². The Morgan fingerprint density at radius 1 is 1.39 bits per heavy atom. The van der Waals surface area contributed by atoms with Crippen LogP contribution >= 0.6 is 11.6 Å². The molecule has 1 N–H and O–H groups in total. The van der Waals surface area contributed by atoms with Gasteiger partial charge in [-0.05, 0) is 43.5 Å². The molecule has 0 spiro atoms. The summed E-state index contributed by atoms with van der Waals surface area (Å²) in [4.78, 5) is 2.57. The summed E-state index contributed by atoms with van der Waals surface area (Å²) < 4.78 is 0. The minimum absolute atomic E-state index is 0.171. The van der Waals surface area contributed by atoms with E-state index in [1.54, 1.807) is 6.07 Å². The standard InChI is InChI=1S/C15H22ClNO/c1-2-5-13-6-3-4-9-17(13)11-12-7-8-15(18)14(16)10-12/h7-8,10,13,18H,2-6,9,11H2,1H3. The summed E-state index contributed by atoms with van der Waals surface area (Å²) in [7, 11) is 0. The monoisotopic (exact) mass is 267 g/mol. The molecule has 1 aromatic carbocycles. The highest BCUT2D eigenvalue weighted by Crippen LogP contribution is 2.27. The second kappa shape index (κ2) is 6.44. The molecule has 3 heteroatoms. The molecule has 1 saturated heterocycles. The first-order valence-corrected chi connectivity index (χ1v) is 7.30. The van der Waals surface area contributed by atoms with Crippen LogP contribution in [0.25, 0.3) is 0 Å². The third-order valence-electron chi connectivity index (χ3n) is 3.77. The zero-order valence-corrected chi connectivity index (χ0v) is 11.8. The zero-order valence-electron chi connectivity index (χ0n) is 11.0. The highest BCUT2D eigenvalue weighted by Gasteiger charge is 2.21. The summed E-state index contributed by atoms with van der Waals surface area (Å²) in [5.74, 6) is 0.171. The Bertz CT molecular complexity index is 392. The van der Waals surface area contributed by atoms with Crippen LogP contribution in [-0.2, 0) is 6.54 Å². The molecule has 1 unspecified atom stereocenters. The normalized spacial score (nSPS) is 21.1. The van der Waals surface area contributed by atoms with Crippen LogP contribution in [0.5, 0.6) is 5.75 Å². The van der Waals surface area contributed by atoms with Gasteiger partial charge in [-0.25, -0.2) is 0 Å². The summed E-state index contributed by atoms with van der Waals surface area (Å²) in [6.07, 6.45) is 6.51. The predicted octanol–water partition coefficient (Wildman–Crippen LogP) is 4.20. The number of phenolic OH excluding ortho intramolecular Hbond substituents is 1. The molecule has 0 amide bonds. The van der Waals surface area contributed by atoms with E-state index in [4.69, 9.17) is 11.6 Å². The number of likely N-dealkylation sites (tertiary alicyclic amines) is 1. The van der Waals surface area contributed by atoms with Gasteiger partial charge < -0.3 is 5.11 Å². The van der Waals surface area contributed by atoms with Gasteiger partial charge in [-0.3, -0.25) is 4.90 Å². The number of phenols is 1. The first kappa shape index (κ1) is 13.7. The smallest absolute Gasteiger partial charge is 0.134 e. The molecule has 100 valence electrons. The highest BCUT2D eigenvalue weighted by molar-refractivity contribution is 6.32. The van der Waals surface area contributed by atoms with Crippen molar-refractivity contribution in [3.63, 3.8) is 0 Å². The van der Waals surface area contributed by atoms with Crippen LogP contribution in [0.15, 0.2) is 18.2 Å². The minimum atomic E-state index is 0.171. The van der Waals surface area contributed by atoms with E-state index in [0.717, 1.165) is 12.6 Å². The van der Waals surface area contributed by atoms with E-state index in [0.29, 0.717) is 5.02 Å². The van der Waals surface area contributed by atoms with E-state index in [1.165, 1.54) is 44.2 Å². The van der Waals surface area contributed by atoms with E-state index in [1.807, 2.05) is 12.1 Å². The molecular formula is C15H22ClNO. The van der Waals surface area contributed by atoms with Crippen molar-refractivity contribution in [2.45, 2.75) is 51.6 Å². The number of hydrogen-bond acceptors (Lipinski definition) is 2. The van der Waals surface area contributed by atoms with Crippen LogP contribution in [0, 0.1) is 0 Å². The van der Waals surface area contributed by atoms with Crippen molar-refractivity contribution in [1.29, 1.82) is 0 Å². The maximum Gasteiger partial charge on any atom is 0.134 e. The molecule has 0 aromatic heterocycles. The second-order valence-electron chi connectivity index (χ2n) is 5.19. The summed E-state index contributed by atoms with van der Waals surface area (Å²) in [6.45, 7) is 4.39. The molecule has 1 fully saturated rings. The lowest BCUT2D eigenvalue weighted by Crippen LogP contribution is -2.38. The molecule has 0 saturated carbocycles. The minimum Gasteiger partial charge on any atom is -0.506 e. The number of rotatable bonds is 4. The molecule has 2 rings (SSSR count). The molecule has 0 aliphatic carbocycles. The molecule has 2 nitrogen and oxygen atoms in total. The fourth-order valence-electron chi connectivity index (χ4n) is 2.81. The third-order valence-corrected chi connectivity index (χ3v) is 4.07. The Morgan fingerprint density at radius 3 is 2.94 bits per heavy atom. The van der Waals surface area contributed by atoms with Gasteiger partial charge in [0.25, 0.3) is 0 Å². The van der Waals surface area contributed by atoms with Gasteiger partial charge in [-0.15, -0.1) is 0 Å². The van der Waals surface area contributed by atoms with Gasteiger partial charge in [-0.2, -0.15) is 0 Å². The van der Waals surface area contributed by atoms with E-state index >= 15 is 0 Å². The lowest BCUT2D eigenvalue weighted by molar-refractivity contribution is 0.131. The van der Waals surface area contributed by atoms with Crippen molar-refractivity contribution in [2.75, 3.05) is 6.54 Å². The molecule has 1 aromatic rings. The Hall–Kier alpha value is -0.730. The molecule has 1 heterocycles. The molecule has 18 heavy (non-hydrogen) atoms. The first-order chi connectivity index (χ1) is 8.70. The molecule has 0 radical (unpaired) electrons. The van der Waals surface area contributed by atoms with Crippen molar-refractivity contribution in [3.05, 3.63) is 28.8 Å². The first-order valence-electron chi connectivity index (χ1n) is 6.92. The third kappa shape index (κ3) is 3.39. The summed E-state index contributed by atoms with van der Waals surface area (Å²) in [6, 6.07) is 6.26. The molecular weight excluding hydrogens is 246 g/mol. The Labute approximate surface area is 115 Å². The number of nitrogens with zero attached hydrogens (tertiary/aromatic N) is 1. The van der Waals surface area contributed by atoms with Crippen LogP contribution in [0.2, 0.25) is 5.02 Å². The largest absolute Gasteiger partial charge is 0.506 e. The number of halogens is 1. The van der Waals surface area contributed by atoms with Crippen LogP contribution in [0.1, 0.15) is 44.6 Å². The average Bonchev–Trinajstić information content (AvgIpc) is 2.37. The molecule has 1 atom stereocenters. The summed E-state index contributed by atoms with van der Waals surface area (Å²) in [5.41, 5.74) is 1.20. The van der Waals surface area contributed by atoms with Gasteiger partial charge in [0.1, 0.15) is 5.75 Å². The van der Waals surface area contributed by atoms with Crippen LogP contribution < -0.4 is 0 Å². The summed E-state index contributed by atoms with van der Waals surface area (Å²) >= 11 is 5.96. The van der Waals surface area contributed by atoms with Gasteiger partial charge >= 0.3 is 0 Å². The highest BCUT2D eigenvalue weighted by atomic mass is 35.5. The van der Waals surface area contributed by atoms with E-state index < -0.39 is 0 Å². The van der Waals surface area contributed by atoms with Crippen LogP contribution in [0.3, 0.4) is 0 Å². The second-order valence-corrected chi connectivity index (χ2v) is 5.60. The maximum absolute atomic E-state index is 9.44. The van der Waals surface area contributed by atoms with Gasteiger partial charge in [0.05, 0.1) is 5.02 Å². The van der Waals surface area contributed by atoms with E-state index in [9.17, 15) is 5.11 Å². The van der Waals surface area contributed by atoms with Crippen molar-refractivity contribution in [2.24, 2.45) is 0 Å². The molecule has 1 aliphatic heterocycles. The number of piperidine rings is 1. The SMILES string of the molecule is CCCC1CCCCN1Cc1ccc(O)c(Cl)c1.